The van der Waals surface area contributed by atoms with Crippen LogP contribution < -0.4 is 10.1 Å². The van der Waals surface area contributed by atoms with Gasteiger partial charge in [0.2, 0.25) is 0 Å². The molecule has 1 fully saturated rings. The maximum Gasteiger partial charge on any atom is 0.134 e. The van der Waals surface area contributed by atoms with Crippen molar-refractivity contribution in [2.45, 2.75) is 38.3 Å². The van der Waals surface area contributed by atoms with E-state index in [1.165, 1.54) is 12.8 Å². The average molecular weight is 363 g/mol. The van der Waals surface area contributed by atoms with E-state index in [2.05, 4.69) is 44.1 Å². The Labute approximate surface area is 119 Å². The zero-order chi connectivity index (χ0) is 12.3. The highest BCUT2D eigenvalue weighted by Crippen LogP contribution is 2.29. The van der Waals surface area contributed by atoms with Gasteiger partial charge in [-0.15, -0.1) is 0 Å². The minimum absolute atomic E-state index is 0.244. The number of ether oxygens (including phenoxy) is 1. The normalized spacial score (nSPS) is 16.9. The molecule has 1 aromatic rings. The molecule has 0 amide bonds. The molecule has 1 atom stereocenters. The van der Waals surface area contributed by atoms with E-state index < -0.39 is 0 Å². The van der Waals surface area contributed by atoms with Gasteiger partial charge in [-0.2, -0.15) is 0 Å². The molecular weight excluding hydrogens is 346 g/mol. The summed E-state index contributed by atoms with van der Waals surface area (Å²) < 4.78 is 8.05. The molecule has 1 aliphatic carbocycles. The largest absolute Gasteiger partial charge is 0.488 e. The third-order valence-corrected chi connectivity index (χ3v) is 3.97. The highest BCUT2D eigenvalue weighted by Gasteiger charge is 2.22. The molecule has 94 valence electrons. The van der Waals surface area contributed by atoms with Gasteiger partial charge in [0, 0.05) is 17.1 Å². The molecule has 0 radical (unpaired) electrons. The van der Waals surface area contributed by atoms with Crippen LogP contribution >= 0.6 is 31.9 Å². The van der Waals surface area contributed by atoms with Crippen molar-refractivity contribution in [3.63, 3.8) is 0 Å². The Morgan fingerprint density at radius 1 is 1.41 bits per heavy atom. The number of rotatable bonds is 6. The summed E-state index contributed by atoms with van der Waals surface area (Å²) in [5.74, 6) is 0.914. The van der Waals surface area contributed by atoms with Crippen LogP contribution in [0.3, 0.4) is 0 Å². The Bertz CT molecular complexity index is 380. The molecule has 17 heavy (non-hydrogen) atoms. The van der Waals surface area contributed by atoms with Crippen LogP contribution in [0, 0.1) is 0 Å². The van der Waals surface area contributed by atoms with Gasteiger partial charge in [0.1, 0.15) is 11.9 Å². The molecule has 1 unspecified atom stereocenters. The Kier molecular flexibility index (Phi) is 4.88. The van der Waals surface area contributed by atoms with Crippen LogP contribution in [-0.4, -0.2) is 18.7 Å². The molecule has 1 saturated carbocycles. The molecule has 2 rings (SSSR count). The predicted molar refractivity (Wildman–Crippen MR) is 77.6 cm³/mol. The van der Waals surface area contributed by atoms with Crippen LogP contribution in [0.4, 0.5) is 0 Å². The van der Waals surface area contributed by atoms with Gasteiger partial charge < -0.3 is 10.1 Å². The molecule has 0 heterocycles. The van der Waals surface area contributed by atoms with E-state index in [1.807, 2.05) is 18.2 Å². The highest BCUT2D eigenvalue weighted by atomic mass is 79.9. The van der Waals surface area contributed by atoms with Gasteiger partial charge in [0.05, 0.1) is 4.47 Å². The standard InChI is InChI=1S/C13H17Br2NO/c1-2-11(8-16-10-4-5-10)17-13-6-3-9(14)7-12(13)15/h3,6-7,10-11,16H,2,4-5,8H2,1H3. The average Bonchev–Trinajstić information content (AvgIpc) is 3.11. The lowest BCUT2D eigenvalue weighted by Crippen LogP contribution is -2.32. The van der Waals surface area contributed by atoms with Gasteiger partial charge in [-0.05, 0) is 53.4 Å². The van der Waals surface area contributed by atoms with E-state index in [1.54, 1.807) is 0 Å². The van der Waals surface area contributed by atoms with Crippen LogP contribution in [0.25, 0.3) is 0 Å². The molecular formula is C13H17Br2NO. The van der Waals surface area contributed by atoms with E-state index in [0.717, 1.165) is 33.7 Å². The van der Waals surface area contributed by atoms with Gasteiger partial charge >= 0.3 is 0 Å². The number of benzene rings is 1. The maximum absolute atomic E-state index is 6.00. The van der Waals surface area contributed by atoms with Crippen molar-refractivity contribution in [2.24, 2.45) is 0 Å². The van der Waals surface area contributed by atoms with Crippen molar-refractivity contribution in [1.82, 2.24) is 5.32 Å². The van der Waals surface area contributed by atoms with Crippen molar-refractivity contribution in [3.8, 4) is 5.75 Å². The van der Waals surface area contributed by atoms with Gasteiger partial charge in [0.15, 0.2) is 0 Å². The molecule has 1 aliphatic rings. The number of hydrogen-bond acceptors (Lipinski definition) is 2. The minimum Gasteiger partial charge on any atom is -0.488 e. The quantitative estimate of drug-likeness (QED) is 0.821. The second-order valence-corrected chi connectivity index (χ2v) is 6.18. The molecule has 0 aliphatic heterocycles. The van der Waals surface area contributed by atoms with Gasteiger partial charge in [-0.3, -0.25) is 0 Å². The van der Waals surface area contributed by atoms with Crippen molar-refractivity contribution < 1.29 is 4.74 Å². The lowest BCUT2D eigenvalue weighted by Gasteiger charge is -2.19. The van der Waals surface area contributed by atoms with E-state index in [-0.39, 0.29) is 6.10 Å². The molecule has 0 spiro atoms. The Hall–Kier alpha value is -0.0600. The fraction of sp³-hybridized carbons (Fsp3) is 0.538. The van der Waals surface area contributed by atoms with Crippen LogP contribution in [-0.2, 0) is 0 Å². The molecule has 1 aromatic carbocycles. The van der Waals surface area contributed by atoms with Crippen molar-refractivity contribution >= 4 is 31.9 Å². The predicted octanol–water partition coefficient (Wildman–Crippen LogP) is 4.12. The lowest BCUT2D eigenvalue weighted by atomic mass is 10.2. The smallest absolute Gasteiger partial charge is 0.134 e. The van der Waals surface area contributed by atoms with Crippen molar-refractivity contribution in [2.75, 3.05) is 6.54 Å². The summed E-state index contributed by atoms with van der Waals surface area (Å²) in [6.07, 6.45) is 3.90. The SMILES string of the molecule is CCC(CNC1CC1)Oc1ccc(Br)cc1Br. The van der Waals surface area contributed by atoms with E-state index in [0.29, 0.717) is 0 Å². The second kappa shape index (κ2) is 6.21. The maximum atomic E-state index is 6.00. The van der Waals surface area contributed by atoms with Crippen molar-refractivity contribution in [3.05, 3.63) is 27.1 Å². The summed E-state index contributed by atoms with van der Waals surface area (Å²) in [5.41, 5.74) is 0. The van der Waals surface area contributed by atoms with Gasteiger partial charge in [-0.25, -0.2) is 0 Å². The first-order valence-electron chi connectivity index (χ1n) is 6.04. The monoisotopic (exact) mass is 361 g/mol. The van der Waals surface area contributed by atoms with E-state index in [4.69, 9.17) is 4.74 Å². The second-order valence-electron chi connectivity index (χ2n) is 4.41. The molecule has 2 nitrogen and oxygen atoms in total. The molecule has 0 bridgehead atoms. The van der Waals surface area contributed by atoms with Gasteiger partial charge in [-0.1, -0.05) is 22.9 Å². The van der Waals surface area contributed by atoms with Crippen LogP contribution in [0.1, 0.15) is 26.2 Å². The first-order valence-corrected chi connectivity index (χ1v) is 7.62. The zero-order valence-electron chi connectivity index (χ0n) is 9.88. The number of halogens is 2. The third-order valence-electron chi connectivity index (χ3n) is 2.85. The summed E-state index contributed by atoms with van der Waals surface area (Å²) in [7, 11) is 0. The first kappa shape index (κ1) is 13.4. The summed E-state index contributed by atoms with van der Waals surface area (Å²) in [6.45, 7) is 3.09. The minimum atomic E-state index is 0.244. The summed E-state index contributed by atoms with van der Waals surface area (Å²) >= 11 is 6.96. The van der Waals surface area contributed by atoms with E-state index in [9.17, 15) is 0 Å². The first-order chi connectivity index (χ1) is 8.19. The topological polar surface area (TPSA) is 21.3 Å². The van der Waals surface area contributed by atoms with Crippen LogP contribution in [0.2, 0.25) is 0 Å². The zero-order valence-corrected chi connectivity index (χ0v) is 13.1. The molecule has 0 aromatic heterocycles. The Morgan fingerprint density at radius 2 is 2.18 bits per heavy atom. The molecule has 0 saturated heterocycles. The van der Waals surface area contributed by atoms with E-state index >= 15 is 0 Å². The van der Waals surface area contributed by atoms with Crippen molar-refractivity contribution in [1.29, 1.82) is 0 Å². The van der Waals surface area contributed by atoms with Crippen LogP contribution in [0.15, 0.2) is 27.1 Å². The highest BCUT2D eigenvalue weighted by molar-refractivity contribution is 9.11. The fourth-order valence-electron chi connectivity index (χ4n) is 1.61. The van der Waals surface area contributed by atoms with Crippen LogP contribution in [0.5, 0.6) is 5.75 Å². The fourth-order valence-corrected chi connectivity index (χ4v) is 2.75. The lowest BCUT2D eigenvalue weighted by molar-refractivity contribution is 0.191. The summed E-state index contributed by atoms with van der Waals surface area (Å²) in [4.78, 5) is 0. The number of nitrogens with one attached hydrogen (secondary N) is 1. The van der Waals surface area contributed by atoms with Gasteiger partial charge in [0.25, 0.3) is 0 Å². The molecule has 1 N–H and O–H groups in total. The Morgan fingerprint density at radius 3 is 2.76 bits per heavy atom. The molecule has 4 heteroatoms. The third kappa shape index (κ3) is 4.27. The Balaban J connectivity index is 1.91. The number of hydrogen-bond donors (Lipinski definition) is 1. The summed E-state index contributed by atoms with van der Waals surface area (Å²) in [6, 6.07) is 6.74. The summed E-state index contributed by atoms with van der Waals surface area (Å²) in [5, 5.41) is 3.51.